The van der Waals surface area contributed by atoms with Gasteiger partial charge in [0.2, 0.25) is 0 Å². The van der Waals surface area contributed by atoms with E-state index < -0.39 is 0 Å². The number of hydrogen-bond acceptors (Lipinski definition) is 4. The van der Waals surface area contributed by atoms with E-state index in [1.165, 1.54) is 6.92 Å². The Morgan fingerprint density at radius 1 is 1.24 bits per heavy atom. The van der Waals surface area contributed by atoms with Gasteiger partial charge in [0.1, 0.15) is 12.3 Å². The van der Waals surface area contributed by atoms with E-state index in [0.29, 0.717) is 12.3 Å². The first-order valence-corrected chi connectivity index (χ1v) is 5.45. The van der Waals surface area contributed by atoms with Crippen molar-refractivity contribution in [2.45, 2.75) is 34.3 Å². The van der Waals surface area contributed by atoms with Crippen molar-refractivity contribution in [1.82, 2.24) is 4.98 Å². The van der Waals surface area contributed by atoms with Crippen LogP contribution in [0.3, 0.4) is 0 Å². The molecular formula is C12H17NO4. The summed E-state index contributed by atoms with van der Waals surface area (Å²) in [6.45, 7) is 7.23. The van der Waals surface area contributed by atoms with Crippen LogP contribution in [0.4, 0.5) is 0 Å². The first kappa shape index (κ1) is 13.3. The molecule has 5 nitrogen and oxygen atoms in total. The fourth-order valence-electron chi connectivity index (χ4n) is 1.59. The molecule has 0 radical (unpaired) electrons. The van der Waals surface area contributed by atoms with Crippen LogP contribution in [-0.4, -0.2) is 23.5 Å². The molecule has 0 atom stereocenters. The summed E-state index contributed by atoms with van der Waals surface area (Å²) < 4.78 is 9.86. The van der Waals surface area contributed by atoms with E-state index in [1.54, 1.807) is 13.8 Å². The zero-order chi connectivity index (χ0) is 13.0. The Morgan fingerprint density at radius 3 is 2.41 bits per heavy atom. The first-order valence-electron chi connectivity index (χ1n) is 5.45. The van der Waals surface area contributed by atoms with Crippen molar-refractivity contribution in [2.24, 2.45) is 0 Å². The molecule has 0 aliphatic carbocycles. The minimum atomic E-state index is -0.387. The molecular weight excluding hydrogens is 222 g/mol. The third-order valence-electron chi connectivity index (χ3n) is 2.49. The predicted octanol–water partition coefficient (Wildman–Crippen LogP) is 1.87. The fourth-order valence-corrected chi connectivity index (χ4v) is 1.59. The molecule has 17 heavy (non-hydrogen) atoms. The Kier molecular flexibility index (Phi) is 4.31. The number of ether oxygens (including phenoxy) is 2. The van der Waals surface area contributed by atoms with Crippen molar-refractivity contribution in [2.75, 3.05) is 6.61 Å². The van der Waals surface area contributed by atoms with Gasteiger partial charge in [-0.3, -0.25) is 4.79 Å². The number of carbonyl (C=O) groups excluding carboxylic acids is 2. The minimum Gasteiger partial charge on any atom is -0.461 e. The lowest BCUT2D eigenvalue weighted by Gasteiger charge is -2.03. The molecule has 0 amide bonds. The second-order valence-corrected chi connectivity index (χ2v) is 3.73. The average molecular weight is 239 g/mol. The fraction of sp³-hybridized carbons (Fsp3) is 0.500. The number of hydrogen-bond donors (Lipinski definition) is 1. The maximum Gasteiger partial charge on any atom is 0.355 e. The first-order chi connectivity index (χ1) is 7.97. The van der Waals surface area contributed by atoms with E-state index in [4.69, 9.17) is 9.47 Å². The number of aryl methyl sites for hydroxylation is 1. The van der Waals surface area contributed by atoms with E-state index >= 15 is 0 Å². The molecule has 0 fully saturated rings. The van der Waals surface area contributed by atoms with Crippen molar-refractivity contribution >= 4 is 11.9 Å². The Balaban J connectivity index is 2.93. The number of H-pyrrole nitrogens is 1. The SMILES string of the molecule is CCOC(=O)c1[nH]c(C)c(COC(C)=O)c1C. The molecule has 0 aliphatic heterocycles. The lowest BCUT2D eigenvalue weighted by molar-refractivity contribution is -0.142. The van der Waals surface area contributed by atoms with Crippen LogP contribution >= 0.6 is 0 Å². The lowest BCUT2D eigenvalue weighted by atomic mass is 10.1. The van der Waals surface area contributed by atoms with Crippen LogP contribution in [0.15, 0.2) is 0 Å². The Morgan fingerprint density at radius 2 is 1.88 bits per heavy atom. The van der Waals surface area contributed by atoms with Crippen LogP contribution in [0.1, 0.15) is 41.2 Å². The van der Waals surface area contributed by atoms with Crippen LogP contribution in [-0.2, 0) is 20.9 Å². The third kappa shape index (κ3) is 3.09. The monoisotopic (exact) mass is 239 g/mol. The largest absolute Gasteiger partial charge is 0.461 e. The molecule has 5 heteroatoms. The van der Waals surface area contributed by atoms with Crippen molar-refractivity contribution in [1.29, 1.82) is 0 Å². The van der Waals surface area contributed by atoms with Crippen molar-refractivity contribution in [3.63, 3.8) is 0 Å². The minimum absolute atomic E-state index is 0.170. The van der Waals surface area contributed by atoms with E-state index in [2.05, 4.69) is 4.98 Å². The highest BCUT2D eigenvalue weighted by atomic mass is 16.5. The lowest BCUT2D eigenvalue weighted by Crippen LogP contribution is -2.07. The number of aromatic amines is 1. The van der Waals surface area contributed by atoms with E-state index in [9.17, 15) is 9.59 Å². The smallest absolute Gasteiger partial charge is 0.355 e. The molecule has 0 aliphatic rings. The van der Waals surface area contributed by atoms with Gasteiger partial charge in [-0.2, -0.15) is 0 Å². The van der Waals surface area contributed by atoms with E-state index in [-0.39, 0.29) is 18.5 Å². The summed E-state index contributed by atoms with van der Waals surface area (Å²) in [5.41, 5.74) is 2.82. The van der Waals surface area contributed by atoms with Crippen LogP contribution < -0.4 is 0 Å². The van der Waals surface area contributed by atoms with Crippen LogP contribution in [0.25, 0.3) is 0 Å². The van der Waals surface area contributed by atoms with Gasteiger partial charge in [-0.25, -0.2) is 4.79 Å². The zero-order valence-electron chi connectivity index (χ0n) is 10.5. The molecule has 1 heterocycles. The molecule has 1 N–H and O–H groups in total. The van der Waals surface area contributed by atoms with Gasteiger partial charge in [0.15, 0.2) is 0 Å². The van der Waals surface area contributed by atoms with Gasteiger partial charge in [0.25, 0.3) is 0 Å². The molecule has 1 rings (SSSR count). The highest BCUT2D eigenvalue weighted by Gasteiger charge is 2.18. The van der Waals surface area contributed by atoms with Gasteiger partial charge in [0.05, 0.1) is 6.61 Å². The summed E-state index contributed by atoms with van der Waals surface area (Å²) in [4.78, 5) is 25.3. The summed E-state index contributed by atoms with van der Waals surface area (Å²) in [5.74, 6) is -0.732. The summed E-state index contributed by atoms with van der Waals surface area (Å²) in [6, 6.07) is 0. The Bertz CT molecular complexity index is 434. The number of carbonyl (C=O) groups is 2. The van der Waals surface area contributed by atoms with Gasteiger partial charge in [0, 0.05) is 18.2 Å². The molecule has 0 bridgehead atoms. The maximum atomic E-state index is 11.6. The van der Waals surface area contributed by atoms with Gasteiger partial charge >= 0.3 is 11.9 Å². The summed E-state index contributed by atoms with van der Waals surface area (Å²) >= 11 is 0. The molecule has 0 spiro atoms. The Labute approximate surface area is 100 Å². The van der Waals surface area contributed by atoms with Gasteiger partial charge in [-0.15, -0.1) is 0 Å². The number of aromatic nitrogens is 1. The normalized spacial score (nSPS) is 10.1. The van der Waals surface area contributed by atoms with Crippen molar-refractivity contribution < 1.29 is 19.1 Å². The van der Waals surface area contributed by atoms with E-state index in [0.717, 1.165) is 16.8 Å². The standard InChI is InChI=1S/C12H17NO4/c1-5-16-12(15)11-7(2)10(8(3)13-11)6-17-9(4)14/h13H,5-6H2,1-4H3. The highest BCUT2D eigenvalue weighted by molar-refractivity contribution is 5.89. The van der Waals surface area contributed by atoms with Gasteiger partial charge in [-0.1, -0.05) is 0 Å². The zero-order valence-corrected chi connectivity index (χ0v) is 10.5. The molecule has 1 aromatic heterocycles. The molecule has 0 aromatic carbocycles. The molecule has 0 saturated carbocycles. The number of esters is 2. The Hall–Kier alpha value is -1.78. The topological polar surface area (TPSA) is 68.4 Å². The van der Waals surface area contributed by atoms with Crippen molar-refractivity contribution in [3.05, 3.63) is 22.5 Å². The molecule has 1 aromatic rings. The number of rotatable bonds is 4. The van der Waals surface area contributed by atoms with Crippen LogP contribution in [0.2, 0.25) is 0 Å². The van der Waals surface area contributed by atoms with E-state index in [1.807, 2.05) is 6.92 Å². The van der Waals surface area contributed by atoms with Crippen LogP contribution in [0.5, 0.6) is 0 Å². The maximum absolute atomic E-state index is 11.6. The summed E-state index contributed by atoms with van der Waals surface area (Å²) in [6.07, 6.45) is 0. The second kappa shape index (κ2) is 5.52. The van der Waals surface area contributed by atoms with Crippen LogP contribution in [0, 0.1) is 13.8 Å². The third-order valence-corrected chi connectivity index (χ3v) is 2.49. The average Bonchev–Trinajstić information content (AvgIpc) is 2.52. The molecule has 0 saturated heterocycles. The molecule has 94 valence electrons. The summed E-state index contributed by atoms with van der Waals surface area (Å²) in [5, 5.41) is 0. The van der Waals surface area contributed by atoms with Crippen molar-refractivity contribution in [3.8, 4) is 0 Å². The number of nitrogens with one attached hydrogen (secondary N) is 1. The highest BCUT2D eigenvalue weighted by Crippen LogP contribution is 2.19. The van der Waals surface area contributed by atoms with Gasteiger partial charge in [-0.05, 0) is 26.3 Å². The molecule has 0 unspecified atom stereocenters. The second-order valence-electron chi connectivity index (χ2n) is 3.73. The predicted molar refractivity (Wildman–Crippen MR) is 61.7 cm³/mol. The quantitative estimate of drug-likeness (QED) is 0.814. The summed E-state index contributed by atoms with van der Waals surface area (Å²) in [7, 11) is 0. The van der Waals surface area contributed by atoms with Gasteiger partial charge < -0.3 is 14.5 Å².